The van der Waals surface area contributed by atoms with Gasteiger partial charge in [-0.2, -0.15) is 4.57 Å². The number of halogens is 1. The van der Waals surface area contributed by atoms with E-state index < -0.39 is 4.92 Å². The molecule has 2 heterocycles. The van der Waals surface area contributed by atoms with Gasteiger partial charge in [0.15, 0.2) is 12.7 Å². The van der Waals surface area contributed by atoms with Gasteiger partial charge in [-0.25, -0.2) is 4.57 Å². The van der Waals surface area contributed by atoms with Crippen LogP contribution in [-0.4, -0.2) is 14.5 Å². The molecule has 3 aromatic rings. The Hall–Kier alpha value is -2.28. The molecule has 0 saturated carbocycles. The Labute approximate surface area is 137 Å². The zero-order valence-corrected chi connectivity index (χ0v) is 13.4. The monoisotopic (exact) mass is 362 g/mol. The number of hydrogen-bond acceptors (Lipinski definition) is 3. The molecule has 0 radical (unpaired) electrons. The van der Waals surface area contributed by atoms with Crippen molar-refractivity contribution in [2.24, 2.45) is 0 Å². The van der Waals surface area contributed by atoms with E-state index in [1.807, 2.05) is 24.4 Å². The van der Waals surface area contributed by atoms with Gasteiger partial charge < -0.3 is 27.1 Å². The molecule has 0 unspecified atom stereocenters. The largest absolute Gasteiger partial charge is 1.00 e. The van der Waals surface area contributed by atoms with Gasteiger partial charge in [0.1, 0.15) is 12.4 Å². The van der Waals surface area contributed by atoms with Crippen LogP contribution in [0.15, 0.2) is 55.0 Å². The van der Waals surface area contributed by atoms with Gasteiger partial charge in [-0.1, -0.05) is 17.1 Å². The third-order valence-electron chi connectivity index (χ3n) is 3.44. The number of pyridine rings is 1. The van der Waals surface area contributed by atoms with Crippen LogP contribution in [0.5, 0.6) is 0 Å². The Balaban J connectivity index is 0.00000176. The minimum absolute atomic E-state index is 0. The molecule has 2 aromatic heterocycles. The molecular formula is C15H15BrN4O2. The fraction of sp³-hybridized carbons (Fsp3) is 0.200. The molecule has 0 saturated heterocycles. The van der Waals surface area contributed by atoms with Crippen LogP contribution in [0.3, 0.4) is 0 Å². The molecule has 0 atom stereocenters. The van der Waals surface area contributed by atoms with Gasteiger partial charge in [0.05, 0.1) is 6.54 Å². The summed E-state index contributed by atoms with van der Waals surface area (Å²) in [5, 5.41) is 12.0. The average Bonchev–Trinajstić information content (AvgIpc) is 2.96. The predicted octanol–water partition coefficient (Wildman–Crippen LogP) is -0.674. The summed E-state index contributed by atoms with van der Waals surface area (Å²) >= 11 is 0. The maximum atomic E-state index is 10.8. The number of aromatic nitrogens is 3. The summed E-state index contributed by atoms with van der Waals surface area (Å²) < 4.78 is 3.74. The topological polar surface area (TPSA) is 64.8 Å². The van der Waals surface area contributed by atoms with E-state index in [-0.39, 0.29) is 22.9 Å². The first kappa shape index (κ1) is 16.1. The molecule has 0 N–H and O–H groups in total. The summed E-state index contributed by atoms with van der Waals surface area (Å²) in [6.07, 6.45) is 5.94. The van der Waals surface area contributed by atoms with Gasteiger partial charge in [0.25, 0.3) is 0 Å². The van der Waals surface area contributed by atoms with Crippen LogP contribution in [-0.2, 0) is 13.1 Å². The highest BCUT2D eigenvalue weighted by Gasteiger charge is 2.14. The third kappa shape index (κ3) is 3.30. The predicted molar refractivity (Wildman–Crippen MR) is 77.6 cm³/mol. The molecule has 0 bridgehead atoms. The quantitative estimate of drug-likeness (QED) is 0.343. The van der Waals surface area contributed by atoms with Crippen LogP contribution in [0.2, 0.25) is 0 Å². The lowest BCUT2D eigenvalue weighted by Gasteiger charge is -2.02. The number of benzene rings is 1. The summed E-state index contributed by atoms with van der Waals surface area (Å²) in [5.41, 5.74) is 1.17. The lowest BCUT2D eigenvalue weighted by Crippen LogP contribution is -3.00. The highest BCUT2D eigenvalue weighted by molar-refractivity contribution is 5.74. The number of nitrogens with zero attached hydrogens (tertiary/aromatic N) is 4. The van der Waals surface area contributed by atoms with Crippen LogP contribution in [0.4, 0.5) is 5.95 Å². The first-order chi connectivity index (χ1) is 10.3. The fourth-order valence-corrected chi connectivity index (χ4v) is 2.48. The minimum atomic E-state index is -0.453. The van der Waals surface area contributed by atoms with E-state index in [1.165, 1.54) is 17.1 Å². The van der Waals surface area contributed by atoms with Gasteiger partial charge >= 0.3 is 5.95 Å². The van der Waals surface area contributed by atoms with Gasteiger partial charge in [0, 0.05) is 23.9 Å². The lowest BCUT2D eigenvalue weighted by atomic mass is 10.2. The van der Waals surface area contributed by atoms with Crippen molar-refractivity contribution in [1.29, 1.82) is 0 Å². The third-order valence-corrected chi connectivity index (χ3v) is 3.44. The molecule has 3 rings (SSSR count). The molecule has 0 fully saturated rings. The maximum absolute atomic E-state index is 10.8. The van der Waals surface area contributed by atoms with Crippen molar-refractivity contribution in [3.8, 4) is 0 Å². The minimum Gasteiger partial charge on any atom is -1.00 e. The number of rotatable bonds is 5. The molecule has 0 aliphatic rings. The number of aryl methyl sites for hydroxylation is 2. The van der Waals surface area contributed by atoms with Crippen LogP contribution in [0, 0.1) is 10.1 Å². The molecule has 6 nitrogen and oxygen atoms in total. The first-order valence-corrected chi connectivity index (χ1v) is 6.78. The van der Waals surface area contributed by atoms with Crippen molar-refractivity contribution in [3.63, 3.8) is 0 Å². The van der Waals surface area contributed by atoms with Gasteiger partial charge in [0.2, 0.25) is 5.52 Å². The number of para-hydroxylation sites is 1. The first-order valence-electron chi connectivity index (χ1n) is 6.78. The second kappa shape index (κ2) is 7.13. The van der Waals surface area contributed by atoms with Crippen molar-refractivity contribution in [1.82, 2.24) is 9.55 Å². The Kier molecular flexibility index (Phi) is 5.21. The van der Waals surface area contributed by atoms with Gasteiger partial charge in [-0.3, -0.25) is 0 Å². The molecule has 0 aliphatic heterocycles. The van der Waals surface area contributed by atoms with E-state index in [9.17, 15) is 10.1 Å². The second-order valence-electron chi connectivity index (χ2n) is 4.79. The smallest absolute Gasteiger partial charge is 0.434 e. The van der Waals surface area contributed by atoms with E-state index in [0.717, 1.165) is 13.0 Å². The lowest BCUT2D eigenvalue weighted by molar-refractivity contribution is -0.672. The van der Waals surface area contributed by atoms with Crippen LogP contribution >= 0.6 is 0 Å². The molecule has 0 spiro atoms. The molecule has 114 valence electrons. The SMILES string of the molecule is O=[N+]([O-])c1nccn1CCC[n+]1cccc2ccccc21.[Br-]. The number of fused-ring (bicyclic) bond motifs is 1. The van der Waals surface area contributed by atoms with Crippen molar-refractivity contribution in [2.45, 2.75) is 19.5 Å². The van der Waals surface area contributed by atoms with Crippen molar-refractivity contribution < 1.29 is 26.5 Å². The Morgan fingerprint density at radius 1 is 1.23 bits per heavy atom. The zero-order chi connectivity index (χ0) is 14.7. The van der Waals surface area contributed by atoms with E-state index in [4.69, 9.17) is 0 Å². The molecule has 0 amide bonds. The number of nitro groups is 1. The number of hydrogen-bond donors (Lipinski definition) is 0. The van der Waals surface area contributed by atoms with Crippen molar-refractivity contribution >= 4 is 16.9 Å². The number of imidazole rings is 1. The van der Waals surface area contributed by atoms with Crippen LogP contribution in [0.25, 0.3) is 10.9 Å². The molecule has 0 aliphatic carbocycles. The van der Waals surface area contributed by atoms with Crippen molar-refractivity contribution in [2.75, 3.05) is 0 Å². The molecule has 7 heteroatoms. The summed E-state index contributed by atoms with van der Waals surface area (Å²) in [7, 11) is 0. The van der Waals surface area contributed by atoms with E-state index in [2.05, 4.69) is 27.8 Å². The molecular weight excluding hydrogens is 348 g/mol. The van der Waals surface area contributed by atoms with Crippen LogP contribution < -0.4 is 21.5 Å². The van der Waals surface area contributed by atoms with Gasteiger partial charge in [-0.05, 0) is 17.1 Å². The summed E-state index contributed by atoms with van der Waals surface area (Å²) in [6.45, 7) is 1.38. The molecule has 22 heavy (non-hydrogen) atoms. The Morgan fingerprint density at radius 2 is 2.00 bits per heavy atom. The van der Waals surface area contributed by atoms with E-state index in [1.54, 1.807) is 10.8 Å². The summed E-state index contributed by atoms with van der Waals surface area (Å²) in [5.74, 6) is -0.0991. The highest BCUT2D eigenvalue weighted by Crippen LogP contribution is 2.10. The average molecular weight is 363 g/mol. The fourth-order valence-electron chi connectivity index (χ4n) is 2.48. The maximum Gasteiger partial charge on any atom is 0.434 e. The van der Waals surface area contributed by atoms with E-state index >= 15 is 0 Å². The van der Waals surface area contributed by atoms with Crippen LogP contribution in [0.1, 0.15) is 6.42 Å². The normalized spacial score (nSPS) is 10.4. The summed E-state index contributed by atoms with van der Waals surface area (Å²) in [6, 6.07) is 12.3. The standard InChI is InChI=1S/C15H15N4O2.BrH/c20-19(21)15-16-8-12-18(15)11-4-10-17-9-3-6-13-5-1-2-7-14(13)17;/h1-3,5-9,12H,4,10-11H2;1H/q+1;/p-1. The van der Waals surface area contributed by atoms with Gasteiger partial charge in [-0.15, -0.1) is 0 Å². The Bertz CT molecular complexity index is 783. The Morgan fingerprint density at radius 3 is 2.82 bits per heavy atom. The highest BCUT2D eigenvalue weighted by atomic mass is 79.9. The zero-order valence-electron chi connectivity index (χ0n) is 11.8. The second-order valence-corrected chi connectivity index (χ2v) is 4.79. The summed E-state index contributed by atoms with van der Waals surface area (Å²) in [4.78, 5) is 14.1. The van der Waals surface area contributed by atoms with Crippen molar-refractivity contribution in [3.05, 3.63) is 65.1 Å². The molecule has 1 aromatic carbocycles. The van der Waals surface area contributed by atoms with E-state index in [0.29, 0.717) is 6.54 Å².